The molecule has 9 heteroatoms. The molecule has 0 fully saturated rings. The highest BCUT2D eigenvalue weighted by atomic mass is 32.2. The zero-order valence-electron chi connectivity index (χ0n) is 15.1. The maximum absolute atomic E-state index is 13.7. The molecule has 0 spiro atoms. The number of amides is 1. The molecule has 1 amide bonds. The maximum Gasteiger partial charge on any atom is 0.343 e. The fraction of sp³-hybridized carbons (Fsp3) is 0.471. The minimum absolute atomic E-state index is 0.135. The first kappa shape index (κ1) is 20.0. The van der Waals surface area contributed by atoms with Crippen molar-refractivity contribution in [3.63, 3.8) is 0 Å². The number of aromatic nitrogens is 3. The summed E-state index contributed by atoms with van der Waals surface area (Å²) in [5.74, 6) is -0.284. The average molecular weight is 382 g/mol. The number of hydrogen-bond donors (Lipinski definition) is 1. The van der Waals surface area contributed by atoms with Crippen LogP contribution in [0.15, 0.2) is 28.2 Å². The van der Waals surface area contributed by atoms with Gasteiger partial charge in [0.1, 0.15) is 0 Å². The molecule has 0 aliphatic rings. The van der Waals surface area contributed by atoms with Crippen LogP contribution in [0.4, 0.5) is 4.39 Å². The molecule has 0 saturated carbocycles. The van der Waals surface area contributed by atoms with Gasteiger partial charge in [-0.05, 0) is 24.1 Å². The van der Waals surface area contributed by atoms with Gasteiger partial charge in [0.05, 0.1) is 12.9 Å². The lowest BCUT2D eigenvalue weighted by molar-refractivity contribution is -0.127. The summed E-state index contributed by atoms with van der Waals surface area (Å²) in [6, 6.07) is 4.61. The number of thioether (sulfide) groups is 1. The van der Waals surface area contributed by atoms with Crippen LogP contribution in [0.25, 0.3) is 0 Å². The van der Waals surface area contributed by atoms with Crippen LogP contribution in [-0.2, 0) is 17.9 Å². The number of carbonyl (C=O) groups excluding carboxylic acids is 1. The molecule has 7 nitrogen and oxygen atoms in total. The zero-order chi connectivity index (χ0) is 19.1. The number of benzene rings is 1. The molecule has 0 unspecified atom stereocenters. The number of unbranched alkanes of at least 4 members (excludes halogenated alkanes) is 1. The van der Waals surface area contributed by atoms with Crippen LogP contribution in [0.1, 0.15) is 25.3 Å². The van der Waals surface area contributed by atoms with Crippen LogP contribution in [-0.4, -0.2) is 45.5 Å². The molecule has 2 rings (SSSR count). The normalized spacial score (nSPS) is 10.8. The highest BCUT2D eigenvalue weighted by molar-refractivity contribution is 7.99. The number of ether oxygens (including phenoxy) is 1. The number of nitrogens with one attached hydrogen (secondary N) is 1. The topological polar surface area (TPSA) is 80.2 Å². The molecular formula is C17H23FN4O3S. The summed E-state index contributed by atoms with van der Waals surface area (Å²) in [5, 5.41) is 6.88. The number of H-pyrrole nitrogens is 1. The molecule has 0 bridgehead atoms. The first-order valence-electron chi connectivity index (χ1n) is 8.30. The molecule has 0 aliphatic carbocycles. The maximum atomic E-state index is 13.7. The van der Waals surface area contributed by atoms with Crippen LogP contribution >= 0.6 is 11.8 Å². The van der Waals surface area contributed by atoms with Gasteiger partial charge in [-0.15, -0.1) is 5.10 Å². The van der Waals surface area contributed by atoms with Crippen molar-refractivity contribution >= 4 is 17.7 Å². The van der Waals surface area contributed by atoms with Crippen molar-refractivity contribution in [2.75, 3.05) is 19.9 Å². The van der Waals surface area contributed by atoms with Crippen LogP contribution in [0.5, 0.6) is 5.75 Å². The van der Waals surface area contributed by atoms with Crippen molar-refractivity contribution in [1.29, 1.82) is 0 Å². The van der Waals surface area contributed by atoms with Crippen LogP contribution in [0.3, 0.4) is 0 Å². The lowest BCUT2D eigenvalue weighted by Gasteiger charge is -2.17. The highest BCUT2D eigenvalue weighted by Gasteiger charge is 2.15. The number of nitrogens with zero attached hydrogens (tertiary/aromatic N) is 3. The summed E-state index contributed by atoms with van der Waals surface area (Å²) < 4.78 is 20.2. The summed E-state index contributed by atoms with van der Waals surface area (Å²) in [5.41, 5.74) is 0.402. The second kappa shape index (κ2) is 9.42. The van der Waals surface area contributed by atoms with Gasteiger partial charge in [0.25, 0.3) is 0 Å². The molecule has 0 aliphatic heterocycles. The minimum Gasteiger partial charge on any atom is -0.494 e. The van der Waals surface area contributed by atoms with E-state index in [0.29, 0.717) is 17.3 Å². The Morgan fingerprint density at radius 1 is 1.46 bits per heavy atom. The van der Waals surface area contributed by atoms with E-state index in [9.17, 15) is 14.0 Å². The van der Waals surface area contributed by atoms with Crippen molar-refractivity contribution in [2.45, 2.75) is 38.0 Å². The monoisotopic (exact) mass is 382 g/mol. The first-order valence-corrected chi connectivity index (χ1v) is 9.29. The van der Waals surface area contributed by atoms with E-state index in [0.717, 1.165) is 12.8 Å². The fourth-order valence-corrected chi connectivity index (χ4v) is 3.25. The fourth-order valence-electron chi connectivity index (χ4n) is 2.33. The summed E-state index contributed by atoms with van der Waals surface area (Å²) in [6.45, 7) is 2.89. The molecule has 0 radical (unpaired) electrons. The standard InChI is InChI=1S/C17H23FN4O3S/c1-4-5-8-22-16(24)19-20-17(22)26-11-15(23)21(2)10-12-6-7-14(25-3)13(18)9-12/h6-7,9H,4-5,8,10-11H2,1-3H3,(H,19,24). The Kier molecular flexibility index (Phi) is 7.26. The van der Waals surface area contributed by atoms with Gasteiger partial charge in [-0.1, -0.05) is 31.2 Å². The van der Waals surface area contributed by atoms with Gasteiger partial charge in [0.2, 0.25) is 5.91 Å². The van der Waals surface area contributed by atoms with Gasteiger partial charge in [-0.25, -0.2) is 14.3 Å². The van der Waals surface area contributed by atoms with Gasteiger partial charge < -0.3 is 9.64 Å². The molecule has 0 saturated heterocycles. The van der Waals surface area contributed by atoms with Crippen LogP contribution < -0.4 is 10.4 Å². The van der Waals surface area contributed by atoms with Crippen LogP contribution in [0, 0.1) is 5.82 Å². The molecule has 1 aromatic carbocycles. The van der Waals surface area contributed by atoms with E-state index >= 15 is 0 Å². The smallest absolute Gasteiger partial charge is 0.343 e. The molecule has 2 aromatic rings. The summed E-state index contributed by atoms with van der Waals surface area (Å²) in [4.78, 5) is 25.6. The Hall–Kier alpha value is -2.29. The van der Waals surface area contributed by atoms with Crippen LogP contribution in [0.2, 0.25) is 0 Å². The van der Waals surface area contributed by atoms with E-state index in [4.69, 9.17) is 4.74 Å². The van der Waals surface area contributed by atoms with Gasteiger partial charge in [0, 0.05) is 20.1 Å². The number of rotatable bonds is 9. The first-order chi connectivity index (χ1) is 12.5. The van der Waals surface area contributed by atoms with E-state index in [1.807, 2.05) is 6.92 Å². The van der Waals surface area contributed by atoms with Crippen molar-refractivity contribution in [1.82, 2.24) is 19.7 Å². The predicted octanol–water partition coefficient (Wildman–Crippen LogP) is 2.27. The Bertz CT molecular complexity index is 806. The second-order valence-electron chi connectivity index (χ2n) is 5.82. The third-order valence-electron chi connectivity index (χ3n) is 3.84. The van der Waals surface area contributed by atoms with Crippen molar-refractivity contribution in [2.24, 2.45) is 0 Å². The molecular weight excluding hydrogens is 359 g/mol. The average Bonchev–Trinajstić information content (AvgIpc) is 2.97. The number of halogens is 1. The van der Waals surface area contributed by atoms with Crippen molar-refractivity contribution < 1.29 is 13.9 Å². The van der Waals surface area contributed by atoms with E-state index in [1.54, 1.807) is 17.7 Å². The van der Waals surface area contributed by atoms with E-state index in [1.165, 1.54) is 35.9 Å². The van der Waals surface area contributed by atoms with Gasteiger partial charge in [-0.2, -0.15) is 0 Å². The third-order valence-corrected chi connectivity index (χ3v) is 4.81. The summed E-state index contributed by atoms with van der Waals surface area (Å²) in [6.07, 6.45) is 1.83. The Labute approximate surface area is 155 Å². The Morgan fingerprint density at radius 2 is 2.23 bits per heavy atom. The zero-order valence-corrected chi connectivity index (χ0v) is 15.9. The highest BCUT2D eigenvalue weighted by Crippen LogP contribution is 2.19. The van der Waals surface area contributed by atoms with E-state index < -0.39 is 5.82 Å². The molecule has 0 atom stereocenters. The molecule has 26 heavy (non-hydrogen) atoms. The van der Waals surface area contributed by atoms with Crippen molar-refractivity contribution in [3.05, 3.63) is 40.1 Å². The van der Waals surface area contributed by atoms with Crippen molar-refractivity contribution in [3.8, 4) is 5.75 Å². The number of aromatic amines is 1. The van der Waals surface area contributed by atoms with E-state index in [2.05, 4.69) is 10.2 Å². The van der Waals surface area contributed by atoms with Gasteiger partial charge in [-0.3, -0.25) is 9.36 Å². The van der Waals surface area contributed by atoms with Gasteiger partial charge in [0.15, 0.2) is 16.7 Å². The summed E-state index contributed by atoms with van der Waals surface area (Å²) in [7, 11) is 3.06. The van der Waals surface area contributed by atoms with E-state index in [-0.39, 0.29) is 29.6 Å². The SMILES string of the molecule is CCCCn1c(SCC(=O)N(C)Cc2ccc(OC)c(F)c2)n[nH]c1=O. The predicted molar refractivity (Wildman–Crippen MR) is 97.9 cm³/mol. The Morgan fingerprint density at radius 3 is 2.88 bits per heavy atom. The molecule has 1 heterocycles. The minimum atomic E-state index is -0.461. The number of methoxy groups -OCH3 is 1. The molecule has 1 aromatic heterocycles. The summed E-state index contributed by atoms with van der Waals surface area (Å²) >= 11 is 1.21. The number of hydrogen-bond acceptors (Lipinski definition) is 5. The third kappa shape index (κ3) is 5.10. The Balaban J connectivity index is 1.93. The molecule has 142 valence electrons. The quantitative estimate of drug-likeness (QED) is 0.673. The number of carbonyl (C=O) groups is 1. The lowest BCUT2D eigenvalue weighted by atomic mass is 10.2. The lowest BCUT2D eigenvalue weighted by Crippen LogP contribution is -2.28. The molecule has 1 N–H and O–H groups in total. The second-order valence-corrected chi connectivity index (χ2v) is 6.77. The van der Waals surface area contributed by atoms with Gasteiger partial charge >= 0.3 is 5.69 Å². The largest absolute Gasteiger partial charge is 0.494 e.